The van der Waals surface area contributed by atoms with E-state index in [1.54, 1.807) is 4.90 Å². The fourth-order valence-electron chi connectivity index (χ4n) is 2.49. The van der Waals surface area contributed by atoms with Gasteiger partial charge in [0.15, 0.2) is 0 Å². The Kier molecular flexibility index (Phi) is 5.59. The van der Waals surface area contributed by atoms with Gasteiger partial charge in [-0.15, -0.1) is 0 Å². The molecule has 1 fully saturated rings. The monoisotopic (exact) mass is 287 g/mol. The van der Waals surface area contributed by atoms with Crippen LogP contribution in [0.5, 0.6) is 0 Å². The first-order valence-corrected chi connectivity index (χ1v) is 7.31. The standard InChI is InChI=1S/C16H21N3O2/c1-2-21-16(20)19-10-8-18(9-11-19)13-15-5-3-4-14(12-15)6-7-17/h3-5,12H,2,6,8-11,13H2,1H3. The number of hydrogen-bond donors (Lipinski definition) is 0. The van der Waals surface area contributed by atoms with Gasteiger partial charge in [-0.2, -0.15) is 5.26 Å². The van der Waals surface area contributed by atoms with Crippen LogP contribution in [0.2, 0.25) is 0 Å². The van der Waals surface area contributed by atoms with Gasteiger partial charge in [-0.05, 0) is 18.1 Å². The quantitative estimate of drug-likeness (QED) is 0.850. The van der Waals surface area contributed by atoms with Gasteiger partial charge < -0.3 is 9.64 Å². The van der Waals surface area contributed by atoms with E-state index in [9.17, 15) is 4.79 Å². The van der Waals surface area contributed by atoms with Crippen molar-refractivity contribution in [1.82, 2.24) is 9.80 Å². The lowest BCUT2D eigenvalue weighted by Gasteiger charge is -2.34. The first kappa shape index (κ1) is 15.3. The second-order valence-corrected chi connectivity index (χ2v) is 5.12. The van der Waals surface area contributed by atoms with E-state index in [0.29, 0.717) is 26.1 Å². The summed E-state index contributed by atoms with van der Waals surface area (Å²) in [5, 5.41) is 8.75. The SMILES string of the molecule is CCOC(=O)N1CCN(Cc2cccc(CC#N)c2)CC1. The van der Waals surface area contributed by atoms with E-state index in [2.05, 4.69) is 23.1 Å². The van der Waals surface area contributed by atoms with E-state index >= 15 is 0 Å². The minimum atomic E-state index is -0.215. The Balaban J connectivity index is 1.85. The lowest BCUT2D eigenvalue weighted by atomic mass is 10.1. The molecule has 0 atom stereocenters. The van der Waals surface area contributed by atoms with Gasteiger partial charge in [-0.1, -0.05) is 24.3 Å². The number of nitrogens with zero attached hydrogens (tertiary/aromatic N) is 3. The molecular formula is C16H21N3O2. The van der Waals surface area contributed by atoms with Crippen LogP contribution in [-0.4, -0.2) is 48.7 Å². The summed E-state index contributed by atoms with van der Waals surface area (Å²) in [6.45, 7) is 6.21. The number of ether oxygens (including phenoxy) is 1. The van der Waals surface area contributed by atoms with Crippen LogP contribution in [0.4, 0.5) is 4.79 Å². The number of rotatable bonds is 4. The van der Waals surface area contributed by atoms with E-state index in [1.165, 1.54) is 5.56 Å². The van der Waals surface area contributed by atoms with E-state index in [0.717, 1.165) is 25.2 Å². The van der Waals surface area contributed by atoms with Crippen molar-refractivity contribution in [1.29, 1.82) is 5.26 Å². The summed E-state index contributed by atoms with van der Waals surface area (Å²) in [7, 11) is 0. The molecule has 0 spiro atoms. The van der Waals surface area contributed by atoms with E-state index in [-0.39, 0.29) is 6.09 Å². The van der Waals surface area contributed by atoms with Gasteiger partial charge >= 0.3 is 6.09 Å². The Hall–Kier alpha value is -2.06. The minimum Gasteiger partial charge on any atom is -0.450 e. The average molecular weight is 287 g/mol. The summed E-state index contributed by atoms with van der Waals surface area (Å²) in [5.41, 5.74) is 2.27. The summed E-state index contributed by atoms with van der Waals surface area (Å²) >= 11 is 0. The molecular weight excluding hydrogens is 266 g/mol. The smallest absolute Gasteiger partial charge is 0.409 e. The summed E-state index contributed by atoms with van der Waals surface area (Å²) in [5.74, 6) is 0. The first-order chi connectivity index (χ1) is 10.2. The molecule has 5 heteroatoms. The molecule has 5 nitrogen and oxygen atoms in total. The third-order valence-corrected chi connectivity index (χ3v) is 3.58. The van der Waals surface area contributed by atoms with Gasteiger partial charge in [-0.25, -0.2) is 4.79 Å². The topological polar surface area (TPSA) is 56.6 Å². The number of benzene rings is 1. The summed E-state index contributed by atoms with van der Waals surface area (Å²) < 4.78 is 5.02. The molecule has 1 aromatic rings. The van der Waals surface area contributed by atoms with E-state index in [1.807, 2.05) is 19.1 Å². The highest BCUT2D eigenvalue weighted by atomic mass is 16.6. The molecule has 0 N–H and O–H groups in total. The molecule has 0 unspecified atom stereocenters. The van der Waals surface area contributed by atoms with Crippen molar-refractivity contribution in [2.75, 3.05) is 32.8 Å². The van der Waals surface area contributed by atoms with Crippen LogP contribution in [-0.2, 0) is 17.7 Å². The van der Waals surface area contributed by atoms with E-state index in [4.69, 9.17) is 10.00 Å². The second kappa shape index (κ2) is 7.65. The van der Waals surface area contributed by atoms with Crippen LogP contribution >= 0.6 is 0 Å². The molecule has 0 aromatic heterocycles. The van der Waals surface area contributed by atoms with Gasteiger partial charge in [0.05, 0.1) is 19.1 Å². The Bertz CT molecular complexity index is 516. The molecule has 1 heterocycles. The van der Waals surface area contributed by atoms with E-state index < -0.39 is 0 Å². The van der Waals surface area contributed by atoms with Crippen LogP contribution in [0.1, 0.15) is 18.1 Å². The number of carbonyl (C=O) groups excluding carboxylic acids is 1. The largest absolute Gasteiger partial charge is 0.450 e. The highest BCUT2D eigenvalue weighted by molar-refractivity contribution is 5.67. The molecule has 0 radical (unpaired) electrons. The zero-order valence-electron chi connectivity index (χ0n) is 12.4. The number of nitriles is 1. The third-order valence-electron chi connectivity index (χ3n) is 3.58. The Morgan fingerprint density at radius 1 is 1.29 bits per heavy atom. The molecule has 112 valence electrons. The zero-order chi connectivity index (χ0) is 15.1. The molecule has 0 saturated carbocycles. The minimum absolute atomic E-state index is 0.215. The maximum Gasteiger partial charge on any atom is 0.409 e. The van der Waals surface area contributed by atoms with Crippen LogP contribution in [0.15, 0.2) is 24.3 Å². The van der Waals surface area contributed by atoms with Crippen molar-refractivity contribution in [3.8, 4) is 6.07 Å². The fraction of sp³-hybridized carbons (Fsp3) is 0.500. The normalized spacial score (nSPS) is 15.5. The lowest BCUT2D eigenvalue weighted by molar-refractivity contribution is 0.0778. The second-order valence-electron chi connectivity index (χ2n) is 5.12. The number of piperazine rings is 1. The third kappa shape index (κ3) is 4.47. The van der Waals surface area contributed by atoms with Crippen molar-refractivity contribution < 1.29 is 9.53 Å². The Morgan fingerprint density at radius 2 is 2.00 bits per heavy atom. The molecule has 1 aromatic carbocycles. The number of carbonyl (C=O) groups is 1. The van der Waals surface area contributed by atoms with Crippen molar-refractivity contribution >= 4 is 6.09 Å². The van der Waals surface area contributed by atoms with Crippen molar-refractivity contribution in [2.45, 2.75) is 19.9 Å². The molecule has 0 aliphatic carbocycles. The Morgan fingerprint density at radius 3 is 2.67 bits per heavy atom. The molecule has 2 rings (SSSR count). The van der Waals surface area contributed by atoms with Crippen LogP contribution in [0.25, 0.3) is 0 Å². The number of amides is 1. The van der Waals surface area contributed by atoms with Crippen LogP contribution in [0, 0.1) is 11.3 Å². The van der Waals surface area contributed by atoms with Crippen LogP contribution in [0.3, 0.4) is 0 Å². The zero-order valence-corrected chi connectivity index (χ0v) is 12.4. The van der Waals surface area contributed by atoms with Crippen molar-refractivity contribution in [3.05, 3.63) is 35.4 Å². The van der Waals surface area contributed by atoms with Gasteiger partial charge in [0.1, 0.15) is 0 Å². The first-order valence-electron chi connectivity index (χ1n) is 7.31. The van der Waals surface area contributed by atoms with Gasteiger partial charge in [0, 0.05) is 32.7 Å². The summed E-state index contributed by atoms with van der Waals surface area (Å²) in [4.78, 5) is 15.7. The molecule has 1 aliphatic rings. The van der Waals surface area contributed by atoms with Crippen molar-refractivity contribution in [3.63, 3.8) is 0 Å². The fourth-order valence-corrected chi connectivity index (χ4v) is 2.49. The average Bonchev–Trinajstić information content (AvgIpc) is 2.49. The van der Waals surface area contributed by atoms with Gasteiger partial charge in [-0.3, -0.25) is 4.90 Å². The maximum absolute atomic E-state index is 11.6. The van der Waals surface area contributed by atoms with Gasteiger partial charge in [0.2, 0.25) is 0 Å². The molecule has 21 heavy (non-hydrogen) atoms. The van der Waals surface area contributed by atoms with Crippen LogP contribution < -0.4 is 0 Å². The molecule has 0 bridgehead atoms. The maximum atomic E-state index is 11.6. The highest BCUT2D eigenvalue weighted by Crippen LogP contribution is 2.11. The Labute approximate surface area is 125 Å². The summed E-state index contributed by atoms with van der Waals surface area (Å²) in [6.07, 6.45) is 0.234. The lowest BCUT2D eigenvalue weighted by Crippen LogP contribution is -2.48. The van der Waals surface area contributed by atoms with Crippen molar-refractivity contribution in [2.24, 2.45) is 0 Å². The molecule has 1 saturated heterocycles. The predicted molar refractivity (Wildman–Crippen MR) is 79.6 cm³/mol. The predicted octanol–water partition coefficient (Wildman–Crippen LogP) is 2.03. The molecule has 1 amide bonds. The van der Waals surface area contributed by atoms with Gasteiger partial charge in [0.25, 0.3) is 0 Å². The molecule has 1 aliphatic heterocycles. The number of hydrogen-bond acceptors (Lipinski definition) is 4. The highest BCUT2D eigenvalue weighted by Gasteiger charge is 2.21. The summed E-state index contributed by atoms with van der Waals surface area (Å²) in [6, 6.07) is 10.3.